The third kappa shape index (κ3) is 0.602. The Morgan fingerprint density at radius 1 is 1.70 bits per heavy atom. The predicted molar refractivity (Wildman–Crippen MR) is 33.9 cm³/mol. The van der Waals surface area contributed by atoms with Crippen molar-refractivity contribution in [3.63, 3.8) is 0 Å². The molecule has 3 heteroatoms. The molecule has 0 unspecified atom stereocenters. The highest BCUT2D eigenvalue weighted by Gasteiger charge is 2.35. The SMILES string of the molecule is O=C1C(F)=C[C@@H]2CCCN12. The summed E-state index contributed by atoms with van der Waals surface area (Å²) in [5, 5.41) is 0. The van der Waals surface area contributed by atoms with Crippen molar-refractivity contribution in [3.05, 3.63) is 11.9 Å². The highest BCUT2D eigenvalue weighted by molar-refractivity contribution is 5.94. The summed E-state index contributed by atoms with van der Waals surface area (Å²) in [6.45, 7) is 0.730. The fourth-order valence-electron chi connectivity index (χ4n) is 1.60. The largest absolute Gasteiger partial charge is 0.330 e. The molecule has 2 rings (SSSR count). The predicted octanol–water partition coefficient (Wildman–Crippen LogP) is 0.844. The molecule has 1 saturated heterocycles. The molecule has 0 saturated carbocycles. The molecule has 2 heterocycles. The van der Waals surface area contributed by atoms with E-state index in [0.717, 1.165) is 19.4 Å². The van der Waals surface area contributed by atoms with Crippen LogP contribution in [0.5, 0.6) is 0 Å². The van der Waals surface area contributed by atoms with Crippen LogP contribution in [0.1, 0.15) is 12.8 Å². The summed E-state index contributed by atoms with van der Waals surface area (Å²) in [5.41, 5.74) is 0. The Morgan fingerprint density at radius 2 is 2.50 bits per heavy atom. The minimum Gasteiger partial charge on any atom is -0.330 e. The second-order valence-electron chi connectivity index (χ2n) is 2.72. The second kappa shape index (κ2) is 1.81. The van der Waals surface area contributed by atoms with Gasteiger partial charge in [0.2, 0.25) is 0 Å². The molecule has 0 aliphatic carbocycles. The number of hydrogen-bond donors (Lipinski definition) is 0. The maximum Gasteiger partial charge on any atom is 0.282 e. The minimum absolute atomic E-state index is 0.0764. The molecule has 0 spiro atoms. The Labute approximate surface area is 58.3 Å². The average Bonchev–Trinajstić information content (AvgIpc) is 2.41. The van der Waals surface area contributed by atoms with Gasteiger partial charge in [0.05, 0.1) is 6.04 Å². The zero-order valence-corrected chi connectivity index (χ0v) is 5.51. The Hall–Kier alpha value is -0.860. The first-order valence-corrected chi connectivity index (χ1v) is 3.47. The fourth-order valence-corrected chi connectivity index (χ4v) is 1.60. The van der Waals surface area contributed by atoms with E-state index in [-0.39, 0.29) is 6.04 Å². The smallest absolute Gasteiger partial charge is 0.282 e. The number of carbonyl (C=O) groups excluding carboxylic acids is 1. The molecule has 1 atom stereocenters. The van der Waals surface area contributed by atoms with E-state index in [2.05, 4.69) is 0 Å². The first-order valence-electron chi connectivity index (χ1n) is 3.47. The molecule has 0 radical (unpaired) electrons. The lowest BCUT2D eigenvalue weighted by molar-refractivity contribution is -0.127. The zero-order valence-electron chi connectivity index (χ0n) is 5.51. The van der Waals surface area contributed by atoms with Gasteiger partial charge in [-0.2, -0.15) is 0 Å². The highest BCUT2D eigenvalue weighted by Crippen LogP contribution is 2.27. The molecule has 2 nitrogen and oxygen atoms in total. The van der Waals surface area contributed by atoms with Crippen LogP contribution in [0.15, 0.2) is 11.9 Å². The van der Waals surface area contributed by atoms with Crippen LogP contribution in [0.3, 0.4) is 0 Å². The normalized spacial score (nSPS) is 30.9. The van der Waals surface area contributed by atoms with Gasteiger partial charge in [-0.3, -0.25) is 4.79 Å². The third-order valence-electron chi connectivity index (χ3n) is 2.10. The lowest BCUT2D eigenvalue weighted by Gasteiger charge is -2.13. The number of halogens is 1. The number of fused-ring (bicyclic) bond motifs is 1. The molecule has 0 bridgehead atoms. The molecule has 1 amide bonds. The topological polar surface area (TPSA) is 20.3 Å². The Morgan fingerprint density at radius 3 is 3.20 bits per heavy atom. The summed E-state index contributed by atoms with van der Waals surface area (Å²) < 4.78 is 12.5. The van der Waals surface area contributed by atoms with E-state index in [9.17, 15) is 9.18 Å². The van der Waals surface area contributed by atoms with Crippen molar-refractivity contribution < 1.29 is 9.18 Å². The Balaban J connectivity index is 2.28. The Kier molecular flexibility index (Phi) is 1.07. The number of carbonyl (C=O) groups is 1. The van der Waals surface area contributed by atoms with Crippen molar-refractivity contribution in [1.29, 1.82) is 0 Å². The van der Waals surface area contributed by atoms with Crippen LogP contribution in [-0.4, -0.2) is 23.4 Å². The number of nitrogens with zero attached hydrogens (tertiary/aromatic N) is 1. The van der Waals surface area contributed by atoms with Crippen molar-refractivity contribution >= 4 is 5.91 Å². The van der Waals surface area contributed by atoms with Gasteiger partial charge in [0.15, 0.2) is 5.83 Å². The number of amides is 1. The summed E-state index contributed by atoms with van der Waals surface area (Å²) in [6.07, 6.45) is 3.37. The van der Waals surface area contributed by atoms with E-state index in [1.807, 2.05) is 0 Å². The molecule has 0 N–H and O–H groups in total. The molecule has 10 heavy (non-hydrogen) atoms. The van der Waals surface area contributed by atoms with Crippen LogP contribution in [0.4, 0.5) is 4.39 Å². The zero-order chi connectivity index (χ0) is 7.14. The van der Waals surface area contributed by atoms with E-state index < -0.39 is 11.7 Å². The van der Waals surface area contributed by atoms with Gasteiger partial charge in [0.25, 0.3) is 5.91 Å². The van der Waals surface area contributed by atoms with Gasteiger partial charge in [0, 0.05) is 6.54 Å². The summed E-state index contributed by atoms with van der Waals surface area (Å²) in [7, 11) is 0. The maximum absolute atomic E-state index is 12.5. The lowest BCUT2D eigenvalue weighted by atomic mass is 10.2. The van der Waals surface area contributed by atoms with E-state index in [1.54, 1.807) is 4.90 Å². The van der Waals surface area contributed by atoms with Crippen molar-refractivity contribution in [1.82, 2.24) is 4.90 Å². The third-order valence-corrected chi connectivity index (χ3v) is 2.10. The molecule has 0 aromatic heterocycles. The van der Waals surface area contributed by atoms with Crippen LogP contribution >= 0.6 is 0 Å². The van der Waals surface area contributed by atoms with Gasteiger partial charge < -0.3 is 4.90 Å². The Bertz CT molecular complexity index is 212. The molecule has 2 aliphatic heterocycles. The van der Waals surface area contributed by atoms with E-state index in [4.69, 9.17) is 0 Å². The van der Waals surface area contributed by atoms with Gasteiger partial charge >= 0.3 is 0 Å². The van der Waals surface area contributed by atoms with Crippen molar-refractivity contribution in [3.8, 4) is 0 Å². The molecule has 1 fully saturated rings. The van der Waals surface area contributed by atoms with Crippen molar-refractivity contribution in [2.75, 3.05) is 6.54 Å². The monoisotopic (exact) mass is 141 g/mol. The second-order valence-corrected chi connectivity index (χ2v) is 2.72. The van der Waals surface area contributed by atoms with Gasteiger partial charge in [-0.15, -0.1) is 0 Å². The van der Waals surface area contributed by atoms with Gasteiger partial charge in [-0.05, 0) is 18.9 Å². The molecule has 0 aromatic carbocycles. The summed E-state index contributed by atoms with van der Waals surface area (Å²) in [5.74, 6) is -0.979. The first-order chi connectivity index (χ1) is 4.79. The lowest BCUT2D eigenvalue weighted by Crippen LogP contribution is -2.28. The van der Waals surface area contributed by atoms with Gasteiger partial charge in [-0.1, -0.05) is 0 Å². The fraction of sp³-hybridized carbons (Fsp3) is 0.571. The minimum atomic E-state index is -0.565. The summed E-state index contributed by atoms with van der Waals surface area (Å²) >= 11 is 0. The van der Waals surface area contributed by atoms with Crippen molar-refractivity contribution in [2.24, 2.45) is 0 Å². The summed E-state index contributed by atoms with van der Waals surface area (Å²) in [4.78, 5) is 12.5. The molecule has 2 aliphatic rings. The average molecular weight is 141 g/mol. The van der Waals surface area contributed by atoms with Crippen LogP contribution in [-0.2, 0) is 4.79 Å². The molecular formula is C7H8FNO. The molecular weight excluding hydrogens is 133 g/mol. The van der Waals surface area contributed by atoms with Crippen LogP contribution < -0.4 is 0 Å². The van der Waals surface area contributed by atoms with E-state index in [0.29, 0.717) is 0 Å². The number of hydrogen-bond acceptors (Lipinski definition) is 1. The molecule has 54 valence electrons. The maximum atomic E-state index is 12.5. The van der Waals surface area contributed by atoms with Crippen molar-refractivity contribution in [2.45, 2.75) is 18.9 Å². The van der Waals surface area contributed by atoms with E-state index >= 15 is 0 Å². The quantitative estimate of drug-likeness (QED) is 0.489. The van der Waals surface area contributed by atoms with Crippen LogP contribution in [0, 0.1) is 0 Å². The van der Waals surface area contributed by atoms with Gasteiger partial charge in [-0.25, -0.2) is 4.39 Å². The van der Waals surface area contributed by atoms with Gasteiger partial charge in [0.1, 0.15) is 0 Å². The van der Waals surface area contributed by atoms with E-state index in [1.165, 1.54) is 6.08 Å². The summed E-state index contributed by atoms with van der Waals surface area (Å²) in [6, 6.07) is 0.0764. The number of rotatable bonds is 0. The van der Waals surface area contributed by atoms with Crippen LogP contribution in [0.25, 0.3) is 0 Å². The standard InChI is InChI=1S/C7H8FNO/c8-6-4-5-2-1-3-9(5)7(6)10/h4-5H,1-3H2/t5-/m0/s1. The highest BCUT2D eigenvalue weighted by atomic mass is 19.1. The van der Waals surface area contributed by atoms with Crippen LogP contribution in [0.2, 0.25) is 0 Å². The first kappa shape index (κ1) is 5.89. The molecule has 0 aromatic rings.